The molecular weight excluding hydrogens is 346 g/mol. The molecule has 0 saturated heterocycles. The monoisotopic (exact) mass is 373 g/mol. The largest absolute Gasteiger partial charge is 0.508 e. The van der Waals surface area contributed by atoms with Crippen molar-refractivity contribution >= 4 is 5.91 Å². The molecule has 3 aromatic rings. The third-order valence-electron chi connectivity index (χ3n) is 4.94. The topological polar surface area (TPSA) is 49.3 Å². The molecule has 1 amide bonds. The summed E-state index contributed by atoms with van der Waals surface area (Å²) < 4.78 is 0. The first kappa shape index (κ1) is 19.7. The lowest BCUT2D eigenvalue weighted by molar-refractivity contribution is -0.121. The molecule has 0 spiro atoms. The molecule has 0 bridgehead atoms. The number of hydrogen-bond acceptors (Lipinski definition) is 2. The van der Waals surface area contributed by atoms with E-state index in [1.54, 1.807) is 6.07 Å². The number of phenols is 1. The van der Waals surface area contributed by atoms with Crippen LogP contribution in [0, 0.1) is 6.92 Å². The van der Waals surface area contributed by atoms with Crippen LogP contribution >= 0.6 is 0 Å². The Morgan fingerprint density at radius 2 is 1.61 bits per heavy atom. The second-order valence-corrected chi connectivity index (χ2v) is 7.39. The Balaban J connectivity index is 1.75. The molecule has 3 rings (SSSR count). The van der Waals surface area contributed by atoms with Crippen molar-refractivity contribution in [3.8, 4) is 5.75 Å². The summed E-state index contributed by atoms with van der Waals surface area (Å²) in [6, 6.07) is 25.7. The highest BCUT2D eigenvalue weighted by Gasteiger charge is 2.22. The molecule has 0 aromatic heterocycles. The van der Waals surface area contributed by atoms with Crippen LogP contribution < -0.4 is 5.32 Å². The van der Waals surface area contributed by atoms with Gasteiger partial charge in [0.1, 0.15) is 5.75 Å². The average molecular weight is 373 g/mol. The molecule has 0 aliphatic heterocycles. The Bertz CT molecular complexity index is 906. The molecule has 0 fully saturated rings. The van der Waals surface area contributed by atoms with Crippen LogP contribution in [0.3, 0.4) is 0 Å². The van der Waals surface area contributed by atoms with Gasteiger partial charge in [-0.15, -0.1) is 0 Å². The summed E-state index contributed by atoms with van der Waals surface area (Å²) in [4.78, 5) is 12.8. The zero-order valence-corrected chi connectivity index (χ0v) is 16.4. The van der Waals surface area contributed by atoms with E-state index in [9.17, 15) is 9.90 Å². The van der Waals surface area contributed by atoms with Gasteiger partial charge in [0.05, 0.1) is 0 Å². The molecule has 3 heteroatoms. The minimum absolute atomic E-state index is 0.0164. The van der Waals surface area contributed by atoms with Crippen LogP contribution in [0.4, 0.5) is 0 Å². The number of rotatable bonds is 7. The van der Waals surface area contributed by atoms with E-state index in [0.717, 1.165) is 23.1 Å². The highest BCUT2D eigenvalue weighted by Crippen LogP contribution is 2.34. The molecule has 28 heavy (non-hydrogen) atoms. The molecule has 0 saturated carbocycles. The maximum absolute atomic E-state index is 12.8. The van der Waals surface area contributed by atoms with Crippen LogP contribution in [-0.2, 0) is 11.2 Å². The number of aryl methyl sites for hydroxylation is 1. The normalized spacial score (nSPS) is 12.9. The fourth-order valence-corrected chi connectivity index (χ4v) is 3.58. The zero-order chi connectivity index (χ0) is 19.9. The van der Waals surface area contributed by atoms with Crippen molar-refractivity contribution in [1.29, 1.82) is 0 Å². The van der Waals surface area contributed by atoms with Crippen LogP contribution in [0.2, 0.25) is 0 Å². The summed E-state index contributed by atoms with van der Waals surface area (Å²) in [6.07, 6.45) is 1.08. The molecule has 0 heterocycles. The molecule has 0 aliphatic carbocycles. The Morgan fingerprint density at radius 1 is 0.964 bits per heavy atom. The van der Waals surface area contributed by atoms with Gasteiger partial charge < -0.3 is 10.4 Å². The fourth-order valence-electron chi connectivity index (χ4n) is 3.58. The summed E-state index contributed by atoms with van der Waals surface area (Å²) in [6.45, 7) is 3.96. The van der Waals surface area contributed by atoms with E-state index >= 15 is 0 Å². The summed E-state index contributed by atoms with van der Waals surface area (Å²) in [5, 5.41) is 13.6. The van der Waals surface area contributed by atoms with Gasteiger partial charge >= 0.3 is 0 Å². The first-order chi connectivity index (χ1) is 13.5. The van der Waals surface area contributed by atoms with E-state index in [2.05, 4.69) is 17.4 Å². The van der Waals surface area contributed by atoms with E-state index in [4.69, 9.17) is 0 Å². The summed E-state index contributed by atoms with van der Waals surface area (Å²) in [5.74, 6) is 0.0296. The Kier molecular flexibility index (Phi) is 6.49. The van der Waals surface area contributed by atoms with Gasteiger partial charge in [0, 0.05) is 23.9 Å². The summed E-state index contributed by atoms with van der Waals surface area (Å²) >= 11 is 0. The molecule has 3 aromatic carbocycles. The third-order valence-corrected chi connectivity index (χ3v) is 4.94. The van der Waals surface area contributed by atoms with Crippen LogP contribution in [0.1, 0.15) is 41.5 Å². The Morgan fingerprint density at radius 3 is 2.25 bits per heavy atom. The van der Waals surface area contributed by atoms with E-state index in [-0.39, 0.29) is 23.6 Å². The van der Waals surface area contributed by atoms with Crippen molar-refractivity contribution in [1.82, 2.24) is 5.32 Å². The summed E-state index contributed by atoms with van der Waals surface area (Å²) in [7, 11) is 0. The van der Waals surface area contributed by atoms with Crippen molar-refractivity contribution in [2.24, 2.45) is 0 Å². The first-order valence-electron chi connectivity index (χ1n) is 9.70. The maximum Gasteiger partial charge on any atom is 0.221 e. The van der Waals surface area contributed by atoms with Crippen LogP contribution in [0.15, 0.2) is 78.9 Å². The minimum atomic E-state index is -0.189. The van der Waals surface area contributed by atoms with Crippen LogP contribution in [0.5, 0.6) is 5.75 Å². The van der Waals surface area contributed by atoms with Crippen molar-refractivity contribution in [2.75, 3.05) is 0 Å². The number of carbonyl (C=O) groups excluding carboxylic acids is 1. The molecule has 144 valence electrons. The fraction of sp³-hybridized carbons (Fsp3) is 0.240. The van der Waals surface area contributed by atoms with Gasteiger partial charge in [-0.2, -0.15) is 0 Å². The number of carbonyl (C=O) groups is 1. The highest BCUT2D eigenvalue weighted by atomic mass is 16.3. The second-order valence-electron chi connectivity index (χ2n) is 7.39. The molecular formula is C25H27NO2. The van der Waals surface area contributed by atoms with Crippen LogP contribution in [-0.4, -0.2) is 17.1 Å². The van der Waals surface area contributed by atoms with Gasteiger partial charge in [-0.05, 0) is 43.0 Å². The van der Waals surface area contributed by atoms with Gasteiger partial charge in [0.2, 0.25) is 5.91 Å². The number of benzene rings is 3. The molecule has 2 atom stereocenters. The number of amides is 1. The predicted molar refractivity (Wildman–Crippen MR) is 113 cm³/mol. The summed E-state index contributed by atoms with van der Waals surface area (Å²) in [5.41, 5.74) is 4.00. The molecule has 0 aliphatic rings. The standard InChI is InChI=1S/C25H27NO2/c1-18-13-14-22(24(27)15-18)23(21-11-7-4-8-12-21)17-25(28)26-19(2)16-20-9-5-3-6-10-20/h3-15,19,23,27H,16-17H2,1-2H3,(H,26,28)/t19-,23+/m0/s1. The van der Waals surface area contributed by atoms with Crippen molar-refractivity contribution in [2.45, 2.75) is 38.6 Å². The number of aromatic hydroxyl groups is 1. The Hall–Kier alpha value is -3.07. The van der Waals surface area contributed by atoms with E-state index in [1.165, 1.54) is 5.56 Å². The lowest BCUT2D eigenvalue weighted by atomic mass is 9.87. The molecule has 0 radical (unpaired) electrons. The first-order valence-corrected chi connectivity index (χ1v) is 9.70. The highest BCUT2D eigenvalue weighted by molar-refractivity contribution is 5.78. The lowest BCUT2D eigenvalue weighted by Crippen LogP contribution is -2.35. The smallest absolute Gasteiger partial charge is 0.221 e. The number of nitrogens with one attached hydrogen (secondary N) is 1. The minimum Gasteiger partial charge on any atom is -0.508 e. The van der Waals surface area contributed by atoms with Crippen LogP contribution in [0.25, 0.3) is 0 Å². The third kappa shape index (κ3) is 5.23. The Labute approximate surface area is 167 Å². The number of phenolic OH excluding ortho intramolecular Hbond substituents is 1. The van der Waals surface area contributed by atoms with E-state index < -0.39 is 0 Å². The van der Waals surface area contributed by atoms with Gasteiger partial charge in [0.25, 0.3) is 0 Å². The van der Waals surface area contributed by atoms with Crippen molar-refractivity contribution in [3.63, 3.8) is 0 Å². The van der Waals surface area contributed by atoms with Crippen molar-refractivity contribution < 1.29 is 9.90 Å². The SMILES string of the molecule is Cc1ccc([C@H](CC(=O)N[C@@H](C)Cc2ccccc2)c2ccccc2)c(O)c1. The van der Waals surface area contributed by atoms with E-state index in [1.807, 2.05) is 74.5 Å². The van der Waals surface area contributed by atoms with Gasteiger partial charge in [-0.3, -0.25) is 4.79 Å². The van der Waals surface area contributed by atoms with Gasteiger partial charge in [-0.25, -0.2) is 0 Å². The van der Waals surface area contributed by atoms with Crippen molar-refractivity contribution in [3.05, 3.63) is 101 Å². The average Bonchev–Trinajstić information content (AvgIpc) is 2.68. The quantitative estimate of drug-likeness (QED) is 0.614. The zero-order valence-electron chi connectivity index (χ0n) is 16.4. The number of hydrogen-bond donors (Lipinski definition) is 2. The second kappa shape index (κ2) is 9.23. The molecule has 0 unspecified atom stereocenters. The molecule has 3 nitrogen and oxygen atoms in total. The van der Waals surface area contributed by atoms with E-state index in [0.29, 0.717) is 6.42 Å². The predicted octanol–water partition coefficient (Wildman–Crippen LogP) is 4.97. The molecule has 2 N–H and O–H groups in total. The maximum atomic E-state index is 12.8. The van der Waals surface area contributed by atoms with Gasteiger partial charge in [0.15, 0.2) is 0 Å². The van der Waals surface area contributed by atoms with Gasteiger partial charge in [-0.1, -0.05) is 72.8 Å². The lowest BCUT2D eigenvalue weighted by Gasteiger charge is -2.21.